The van der Waals surface area contributed by atoms with Gasteiger partial charge in [0.2, 0.25) is 5.88 Å². The average Bonchev–Trinajstić information content (AvgIpc) is 2.85. The standard InChI is InChI=1S/C26H33N3O5S2/c1-6-20-7-9-22(10-8-20)29(17-19(2)3)36(31,32)23-11-12-24(25(16-23)35(5,27)30)34-18-21-13-14-28-26(15-21)33-4/h7-16,19,27H,6,17-18H2,1-5H3. The predicted octanol–water partition coefficient (Wildman–Crippen LogP) is 5.12. The lowest BCUT2D eigenvalue weighted by atomic mass is 10.1. The van der Waals surface area contributed by atoms with Crippen molar-refractivity contribution < 1.29 is 22.1 Å². The molecule has 1 aromatic heterocycles. The molecule has 10 heteroatoms. The van der Waals surface area contributed by atoms with Crippen molar-refractivity contribution in [1.82, 2.24) is 4.98 Å². The number of anilines is 1. The molecule has 3 aromatic rings. The van der Waals surface area contributed by atoms with Gasteiger partial charge in [0.1, 0.15) is 12.4 Å². The Morgan fingerprint density at radius 1 is 1.00 bits per heavy atom. The quantitative estimate of drug-likeness (QED) is 0.368. The smallest absolute Gasteiger partial charge is 0.264 e. The summed E-state index contributed by atoms with van der Waals surface area (Å²) in [6, 6.07) is 15.1. The molecule has 0 amide bonds. The zero-order chi connectivity index (χ0) is 26.5. The molecular formula is C26H33N3O5S2. The van der Waals surface area contributed by atoms with Crippen LogP contribution in [0.1, 0.15) is 31.9 Å². The molecule has 0 aliphatic heterocycles. The van der Waals surface area contributed by atoms with Gasteiger partial charge in [0.15, 0.2) is 0 Å². The van der Waals surface area contributed by atoms with Gasteiger partial charge in [-0.2, -0.15) is 0 Å². The van der Waals surface area contributed by atoms with Gasteiger partial charge < -0.3 is 9.47 Å². The first-order valence-electron chi connectivity index (χ1n) is 11.6. The first kappa shape index (κ1) is 27.5. The van der Waals surface area contributed by atoms with Crippen LogP contribution in [0, 0.1) is 10.7 Å². The Labute approximate surface area is 214 Å². The maximum atomic E-state index is 13.8. The largest absolute Gasteiger partial charge is 0.488 e. The van der Waals surface area contributed by atoms with Crippen molar-refractivity contribution in [3.8, 4) is 11.6 Å². The summed E-state index contributed by atoms with van der Waals surface area (Å²) < 4.78 is 60.9. The zero-order valence-corrected chi connectivity index (χ0v) is 22.9. The van der Waals surface area contributed by atoms with E-state index < -0.39 is 19.8 Å². The van der Waals surface area contributed by atoms with Crippen LogP contribution in [0.3, 0.4) is 0 Å². The summed E-state index contributed by atoms with van der Waals surface area (Å²) in [6.07, 6.45) is 3.68. The van der Waals surface area contributed by atoms with Gasteiger partial charge in [0.25, 0.3) is 10.0 Å². The number of aryl methyl sites for hydroxylation is 1. The molecule has 0 saturated heterocycles. The van der Waals surface area contributed by atoms with Crippen LogP contribution in [0.5, 0.6) is 11.6 Å². The molecule has 1 atom stereocenters. The maximum Gasteiger partial charge on any atom is 0.264 e. The summed E-state index contributed by atoms with van der Waals surface area (Å²) in [5.41, 5.74) is 2.42. The molecule has 0 saturated carbocycles. The molecule has 0 radical (unpaired) electrons. The summed E-state index contributed by atoms with van der Waals surface area (Å²) in [4.78, 5) is 4.03. The molecule has 1 N–H and O–H groups in total. The highest BCUT2D eigenvalue weighted by atomic mass is 32.2. The van der Waals surface area contributed by atoms with Crippen molar-refractivity contribution in [2.75, 3.05) is 24.2 Å². The molecule has 1 heterocycles. The average molecular weight is 532 g/mol. The molecule has 0 aliphatic rings. The van der Waals surface area contributed by atoms with Gasteiger partial charge in [-0.25, -0.2) is 22.4 Å². The van der Waals surface area contributed by atoms with Gasteiger partial charge in [-0.1, -0.05) is 32.9 Å². The van der Waals surface area contributed by atoms with E-state index in [1.165, 1.54) is 35.9 Å². The van der Waals surface area contributed by atoms with Crippen molar-refractivity contribution in [2.24, 2.45) is 5.92 Å². The highest BCUT2D eigenvalue weighted by Gasteiger charge is 2.28. The monoisotopic (exact) mass is 531 g/mol. The Hall–Kier alpha value is -3.11. The first-order chi connectivity index (χ1) is 17.0. The van der Waals surface area contributed by atoms with E-state index in [-0.39, 0.29) is 34.6 Å². The van der Waals surface area contributed by atoms with Gasteiger partial charge in [-0.15, -0.1) is 0 Å². The van der Waals surface area contributed by atoms with E-state index in [9.17, 15) is 12.6 Å². The number of sulfonamides is 1. The normalized spacial score (nSPS) is 13.3. The van der Waals surface area contributed by atoms with Gasteiger partial charge in [0.05, 0.1) is 32.3 Å². The molecular weight excluding hydrogens is 498 g/mol. The van der Waals surface area contributed by atoms with Crippen LogP contribution in [0.15, 0.2) is 70.6 Å². The minimum Gasteiger partial charge on any atom is -0.488 e. The van der Waals surface area contributed by atoms with Gasteiger partial charge in [-0.3, -0.25) is 4.31 Å². The Balaban J connectivity index is 2.00. The fraction of sp³-hybridized carbons (Fsp3) is 0.346. The van der Waals surface area contributed by atoms with Crippen molar-refractivity contribution >= 4 is 25.4 Å². The molecule has 3 rings (SSSR count). The van der Waals surface area contributed by atoms with E-state index in [2.05, 4.69) is 4.98 Å². The Morgan fingerprint density at radius 2 is 1.69 bits per heavy atom. The number of aromatic nitrogens is 1. The van der Waals surface area contributed by atoms with Crippen LogP contribution in [0.4, 0.5) is 5.69 Å². The minimum atomic E-state index is -4.00. The lowest BCUT2D eigenvalue weighted by molar-refractivity contribution is 0.296. The molecule has 0 bridgehead atoms. The van der Waals surface area contributed by atoms with Crippen LogP contribution < -0.4 is 13.8 Å². The van der Waals surface area contributed by atoms with Gasteiger partial charge in [0, 0.05) is 25.1 Å². The number of hydrogen-bond acceptors (Lipinski definition) is 7. The molecule has 36 heavy (non-hydrogen) atoms. The fourth-order valence-corrected chi connectivity index (χ4v) is 6.18. The van der Waals surface area contributed by atoms with Crippen LogP contribution in [0.25, 0.3) is 0 Å². The highest BCUT2D eigenvalue weighted by Crippen LogP contribution is 2.32. The molecule has 194 valence electrons. The Morgan fingerprint density at radius 3 is 2.28 bits per heavy atom. The molecule has 8 nitrogen and oxygen atoms in total. The molecule has 0 fully saturated rings. The number of nitrogens with zero attached hydrogens (tertiary/aromatic N) is 2. The lowest BCUT2D eigenvalue weighted by Gasteiger charge is -2.27. The van der Waals surface area contributed by atoms with E-state index in [0.717, 1.165) is 17.5 Å². The molecule has 2 aromatic carbocycles. The van der Waals surface area contributed by atoms with Crippen LogP contribution in [0.2, 0.25) is 0 Å². The number of nitrogens with one attached hydrogen (secondary N) is 1. The summed E-state index contributed by atoms with van der Waals surface area (Å²) in [5, 5.41) is 0. The number of methoxy groups -OCH3 is 1. The van der Waals surface area contributed by atoms with Crippen molar-refractivity contribution in [2.45, 2.75) is 43.6 Å². The SMILES string of the molecule is CCc1ccc(N(CC(C)C)S(=O)(=O)c2ccc(OCc3ccnc(OC)c3)c(S(C)(=N)=O)c2)cc1. The van der Waals surface area contributed by atoms with Crippen molar-refractivity contribution in [3.05, 3.63) is 71.9 Å². The van der Waals surface area contributed by atoms with Crippen molar-refractivity contribution in [3.63, 3.8) is 0 Å². The number of pyridine rings is 1. The van der Waals surface area contributed by atoms with E-state index in [0.29, 0.717) is 11.6 Å². The third-order valence-electron chi connectivity index (χ3n) is 5.49. The number of hydrogen-bond donors (Lipinski definition) is 1. The second-order valence-corrected chi connectivity index (χ2v) is 12.9. The molecule has 1 unspecified atom stereocenters. The van der Waals surface area contributed by atoms with E-state index in [1.54, 1.807) is 30.5 Å². The number of benzene rings is 2. The first-order valence-corrected chi connectivity index (χ1v) is 15.0. The maximum absolute atomic E-state index is 13.8. The van der Waals surface area contributed by atoms with Crippen LogP contribution in [-0.4, -0.2) is 37.5 Å². The highest BCUT2D eigenvalue weighted by molar-refractivity contribution is 7.93. The lowest BCUT2D eigenvalue weighted by Crippen LogP contribution is -2.34. The van der Waals surface area contributed by atoms with E-state index in [4.69, 9.17) is 14.3 Å². The van der Waals surface area contributed by atoms with Gasteiger partial charge >= 0.3 is 0 Å². The second kappa shape index (κ2) is 11.3. The van der Waals surface area contributed by atoms with Crippen LogP contribution >= 0.6 is 0 Å². The fourth-order valence-electron chi connectivity index (χ4n) is 3.58. The second-order valence-electron chi connectivity index (χ2n) is 8.90. The minimum absolute atomic E-state index is 0.0235. The van der Waals surface area contributed by atoms with E-state index >= 15 is 0 Å². The number of rotatable bonds is 11. The Bertz CT molecular complexity index is 1400. The molecule has 0 aliphatic carbocycles. The van der Waals surface area contributed by atoms with Crippen LogP contribution in [-0.2, 0) is 32.8 Å². The number of ether oxygens (including phenoxy) is 2. The zero-order valence-electron chi connectivity index (χ0n) is 21.2. The van der Waals surface area contributed by atoms with Gasteiger partial charge in [-0.05, 0) is 59.9 Å². The summed E-state index contributed by atoms with van der Waals surface area (Å²) in [7, 11) is -5.79. The van der Waals surface area contributed by atoms with E-state index in [1.807, 2.05) is 32.9 Å². The molecule has 0 spiro atoms. The predicted molar refractivity (Wildman–Crippen MR) is 142 cm³/mol. The summed E-state index contributed by atoms with van der Waals surface area (Å²) >= 11 is 0. The Kier molecular flexibility index (Phi) is 8.63. The summed E-state index contributed by atoms with van der Waals surface area (Å²) in [6.45, 7) is 6.31. The summed E-state index contributed by atoms with van der Waals surface area (Å²) in [5.74, 6) is 0.682. The topological polar surface area (TPSA) is 110 Å². The third kappa shape index (κ3) is 6.55. The third-order valence-corrected chi connectivity index (χ3v) is 8.44. The van der Waals surface area contributed by atoms with Crippen molar-refractivity contribution in [1.29, 1.82) is 4.78 Å².